The van der Waals surface area contributed by atoms with E-state index < -0.39 is 0 Å². The first-order chi connectivity index (χ1) is 11.4. The number of hydrogen-bond acceptors (Lipinski definition) is 1. The minimum absolute atomic E-state index is 0. The minimum atomic E-state index is 0. The predicted molar refractivity (Wildman–Crippen MR) is 99.8 cm³/mol. The Hall–Kier alpha value is -1.70. The second-order valence-electron chi connectivity index (χ2n) is 8.16. The molecule has 25 heavy (non-hydrogen) atoms. The third-order valence-electron chi connectivity index (χ3n) is 6.60. The molecule has 0 saturated heterocycles. The monoisotopic (exact) mass is 506 g/mol. The Labute approximate surface area is 161 Å². The van der Waals surface area contributed by atoms with Gasteiger partial charge in [0.05, 0.1) is 5.65 Å². The number of rotatable bonds is 0. The summed E-state index contributed by atoms with van der Waals surface area (Å²) >= 11 is 0. The molecule has 1 radical (unpaired) electrons. The molecule has 2 nitrogen and oxygen atoms in total. The van der Waals surface area contributed by atoms with Gasteiger partial charge in [0.25, 0.3) is 0 Å². The van der Waals surface area contributed by atoms with Crippen molar-refractivity contribution in [3.63, 3.8) is 0 Å². The Balaban J connectivity index is 0.00000157. The van der Waals surface area contributed by atoms with Gasteiger partial charge in [0.15, 0.2) is 0 Å². The molecule has 5 rings (SSSR count). The molecule has 0 aliphatic carbocycles. The van der Waals surface area contributed by atoms with Crippen LogP contribution in [-0.2, 0) is 30.9 Å². The van der Waals surface area contributed by atoms with Crippen LogP contribution in [0.15, 0.2) is 36.5 Å². The fourth-order valence-electron chi connectivity index (χ4n) is 4.45. The Morgan fingerprint density at radius 3 is 2.56 bits per heavy atom. The summed E-state index contributed by atoms with van der Waals surface area (Å²) in [5.74, 6) is 0. The topological polar surface area (TPSA) is 17.3 Å². The number of benzene rings is 2. The summed E-state index contributed by atoms with van der Waals surface area (Å²) in [6, 6.07) is 14.3. The van der Waals surface area contributed by atoms with Crippen LogP contribution in [0.25, 0.3) is 27.3 Å². The molecule has 3 heteroatoms. The molecule has 2 aromatic heterocycles. The average Bonchev–Trinajstić information content (AvgIpc) is 2.99. The molecule has 0 saturated carbocycles. The predicted octanol–water partition coefficient (Wildman–Crippen LogP) is 5.32. The summed E-state index contributed by atoms with van der Waals surface area (Å²) in [6.45, 7) is 11.6. The smallest absolute Gasteiger partial charge is 0.0611 e. The van der Waals surface area contributed by atoms with Gasteiger partial charge in [-0.2, -0.15) is 0 Å². The molecule has 2 aromatic carbocycles. The van der Waals surface area contributed by atoms with Crippen LogP contribution in [0.3, 0.4) is 0 Å². The van der Waals surface area contributed by atoms with Gasteiger partial charge in [-0.15, -0.1) is 29.7 Å². The molecular formula is C22H21IrN2-. The Bertz CT molecular complexity index is 1170. The molecule has 0 amide bonds. The molecule has 3 heterocycles. The van der Waals surface area contributed by atoms with E-state index in [1.54, 1.807) is 0 Å². The molecule has 129 valence electrons. The van der Waals surface area contributed by atoms with Gasteiger partial charge >= 0.3 is 0 Å². The van der Waals surface area contributed by atoms with Crippen molar-refractivity contribution in [2.75, 3.05) is 0 Å². The van der Waals surface area contributed by atoms with Crippen LogP contribution in [0.4, 0.5) is 0 Å². The van der Waals surface area contributed by atoms with Gasteiger partial charge in [0.2, 0.25) is 0 Å². The van der Waals surface area contributed by atoms with Gasteiger partial charge in [-0.1, -0.05) is 50.8 Å². The number of aryl methyl sites for hydroxylation is 1. The van der Waals surface area contributed by atoms with Gasteiger partial charge in [-0.3, -0.25) is 4.98 Å². The van der Waals surface area contributed by atoms with Crippen molar-refractivity contribution in [2.24, 2.45) is 0 Å². The van der Waals surface area contributed by atoms with Crippen molar-refractivity contribution in [1.82, 2.24) is 9.38 Å². The maximum Gasteiger partial charge on any atom is 0.0611 e. The van der Waals surface area contributed by atoms with Crippen molar-refractivity contribution in [3.05, 3.63) is 59.4 Å². The Morgan fingerprint density at radius 1 is 1.04 bits per heavy atom. The molecule has 0 unspecified atom stereocenters. The molecule has 0 fully saturated rings. The quantitative estimate of drug-likeness (QED) is 0.234. The van der Waals surface area contributed by atoms with Crippen LogP contribution in [0, 0.1) is 13.0 Å². The van der Waals surface area contributed by atoms with Crippen molar-refractivity contribution < 1.29 is 20.1 Å². The summed E-state index contributed by atoms with van der Waals surface area (Å²) in [7, 11) is 0. The van der Waals surface area contributed by atoms with Crippen molar-refractivity contribution in [2.45, 2.75) is 45.4 Å². The molecule has 4 aromatic rings. The minimum Gasteiger partial charge on any atom is -0.336 e. The van der Waals surface area contributed by atoms with Crippen LogP contribution in [0.2, 0.25) is 0 Å². The maximum atomic E-state index is 4.82. The second kappa shape index (κ2) is 4.93. The molecule has 1 aliphatic rings. The zero-order valence-electron chi connectivity index (χ0n) is 15.2. The van der Waals surface area contributed by atoms with Gasteiger partial charge in [0.1, 0.15) is 0 Å². The number of imidazole rings is 1. The number of hydrogen-bond donors (Lipinski definition) is 0. The second-order valence-corrected chi connectivity index (χ2v) is 8.16. The van der Waals surface area contributed by atoms with Crippen LogP contribution in [-0.4, -0.2) is 9.38 Å². The summed E-state index contributed by atoms with van der Waals surface area (Å²) in [4.78, 5) is 4.82. The van der Waals surface area contributed by atoms with Crippen molar-refractivity contribution in [3.8, 4) is 0 Å². The number of aromatic nitrogens is 2. The molecule has 0 bridgehead atoms. The van der Waals surface area contributed by atoms with E-state index in [2.05, 4.69) is 75.5 Å². The number of fused-ring (bicyclic) bond motifs is 3. The van der Waals surface area contributed by atoms with E-state index in [-0.39, 0.29) is 30.9 Å². The fraction of sp³-hybridized carbons (Fsp3) is 0.318. The SMILES string of the molecule is Cc1ccc2c3c1c1ccc[c-]c1c1ncc(n13)C(C)(C)C2(C)C.[Ir]. The molecule has 0 atom stereocenters. The van der Waals surface area contributed by atoms with Gasteiger partial charge in [-0.25, -0.2) is 0 Å². The van der Waals surface area contributed by atoms with E-state index in [1.807, 2.05) is 6.07 Å². The zero-order chi connectivity index (χ0) is 16.9. The summed E-state index contributed by atoms with van der Waals surface area (Å²) < 4.78 is 2.39. The standard InChI is InChI=1S/C22H21N2.Ir/c1-13-10-11-16-19-18(13)14-8-6-7-9-15(14)20-23-12-17(24(19)20)22(4,5)21(16,2)3;/h6-8,10-12H,1-5H3;/q-1;. The van der Waals surface area contributed by atoms with E-state index in [4.69, 9.17) is 4.98 Å². The Kier molecular flexibility index (Phi) is 3.30. The summed E-state index contributed by atoms with van der Waals surface area (Å²) in [5, 5.41) is 3.72. The summed E-state index contributed by atoms with van der Waals surface area (Å²) in [5.41, 5.74) is 6.42. The van der Waals surface area contributed by atoms with E-state index in [0.717, 1.165) is 11.0 Å². The van der Waals surface area contributed by atoms with Gasteiger partial charge in [-0.05, 0) is 17.9 Å². The first-order valence-corrected chi connectivity index (χ1v) is 8.60. The van der Waals surface area contributed by atoms with E-state index >= 15 is 0 Å². The third-order valence-corrected chi connectivity index (χ3v) is 6.60. The maximum absolute atomic E-state index is 4.82. The van der Waals surface area contributed by atoms with E-state index in [0.29, 0.717) is 0 Å². The average molecular weight is 506 g/mol. The van der Waals surface area contributed by atoms with Gasteiger partial charge in [0, 0.05) is 48.3 Å². The molecular weight excluding hydrogens is 484 g/mol. The zero-order valence-corrected chi connectivity index (χ0v) is 17.6. The molecule has 1 aliphatic heterocycles. The molecule has 0 spiro atoms. The first-order valence-electron chi connectivity index (χ1n) is 8.60. The van der Waals surface area contributed by atoms with E-state index in [9.17, 15) is 0 Å². The van der Waals surface area contributed by atoms with Crippen LogP contribution in [0.5, 0.6) is 0 Å². The van der Waals surface area contributed by atoms with Gasteiger partial charge < -0.3 is 4.40 Å². The van der Waals surface area contributed by atoms with Crippen LogP contribution < -0.4 is 0 Å². The molecule has 0 N–H and O–H groups in total. The van der Waals surface area contributed by atoms with Crippen molar-refractivity contribution in [1.29, 1.82) is 0 Å². The first kappa shape index (κ1) is 16.8. The Morgan fingerprint density at radius 2 is 1.80 bits per heavy atom. The largest absolute Gasteiger partial charge is 0.336 e. The van der Waals surface area contributed by atoms with Crippen LogP contribution in [0.1, 0.15) is 44.5 Å². The number of pyridine rings is 1. The van der Waals surface area contributed by atoms with Crippen molar-refractivity contribution >= 4 is 27.3 Å². The van der Waals surface area contributed by atoms with E-state index in [1.165, 1.54) is 33.1 Å². The third kappa shape index (κ3) is 1.76. The van der Waals surface area contributed by atoms with Crippen LogP contribution >= 0.6 is 0 Å². The summed E-state index contributed by atoms with van der Waals surface area (Å²) in [6.07, 6.45) is 2.07. The normalized spacial score (nSPS) is 17.3. The number of nitrogens with zero attached hydrogens (tertiary/aromatic N) is 2. The fourth-order valence-corrected chi connectivity index (χ4v) is 4.45.